The van der Waals surface area contributed by atoms with Crippen molar-refractivity contribution >= 4 is 28.3 Å². The van der Waals surface area contributed by atoms with E-state index < -0.39 is 0 Å². The first kappa shape index (κ1) is 12.9. The van der Waals surface area contributed by atoms with Gasteiger partial charge in [0.2, 0.25) is 0 Å². The summed E-state index contributed by atoms with van der Waals surface area (Å²) in [6.45, 7) is 4.08. The third-order valence-electron chi connectivity index (χ3n) is 3.52. The first-order valence-electron chi connectivity index (χ1n) is 6.34. The SMILES string of the molecule is Cc1ccc(N)c(C)c1-c1cc(Cl)cc2nccnc12. The van der Waals surface area contributed by atoms with Gasteiger partial charge in [0.1, 0.15) is 0 Å². The van der Waals surface area contributed by atoms with Gasteiger partial charge < -0.3 is 5.73 Å². The maximum absolute atomic E-state index is 6.22. The van der Waals surface area contributed by atoms with E-state index >= 15 is 0 Å². The van der Waals surface area contributed by atoms with Crippen LogP contribution in [0, 0.1) is 13.8 Å². The molecular weight excluding hydrogens is 270 g/mol. The van der Waals surface area contributed by atoms with E-state index in [4.69, 9.17) is 17.3 Å². The van der Waals surface area contributed by atoms with Crippen LogP contribution in [0.5, 0.6) is 0 Å². The fraction of sp³-hybridized carbons (Fsp3) is 0.125. The van der Waals surface area contributed by atoms with Crippen LogP contribution in [0.15, 0.2) is 36.7 Å². The van der Waals surface area contributed by atoms with Crippen LogP contribution in [-0.2, 0) is 0 Å². The Morgan fingerprint density at radius 2 is 1.80 bits per heavy atom. The van der Waals surface area contributed by atoms with Crippen molar-refractivity contribution < 1.29 is 0 Å². The van der Waals surface area contributed by atoms with Crippen LogP contribution in [0.1, 0.15) is 11.1 Å². The van der Waals surface area contributed by atoms with Gasteiger partial charge in [-0.25, -0.2) is 0 Å². The first-order valence-corrected chi connectivity index (χ1v) is 6.72. The van der Waals surface area contributed by atoms with Gasteiger partial charge in [-0.1, -0.05) is 17.7 Å². The minimum atomic E-state index is 0.647. The molecule has 0 saturated heterocycles. The second kappa shape index (κ2) is 4.76. The Morgan fingerprint density at radius 3 is 2.60 bits per heavy atom. The van der Waals surface area contributed by atoms with E-state index in [0.29, 0.717) is 5.02 Å². The van der Waals surface area contributed by atoms with Gasteiger partial charge >= 0.3 is 0 Å². The molecule has 2 N–H and O–H groups in total. The van der Waals surface area contributed by atoms with Crippen molar-refractivity contribution in [3.8, 4) is 11.1 Å². The molecule has 2 aromatic carbocycles. The Balaban J connectivity index is 2.44. The molecule has 0 saturated carbocycles. The molecule has 0 aliphatic carbocycles. The van der Waals surface area contributed by atoms with Gasteiger partial charge in [-0.2, -0.15) is 0 Å². The zero-order valence-electron chi connectivity index (χ0n) is 11.3. The molecule has 0 unspecified atom stereocenters. The summed E-state index contributed by atoms with van der Waals surface area (Å²) in [6.07, 6.45) is 3.36. The Kier molecular flexibility index (Phi) is 3.07. The summed E-state index contributed by atoms with van der Waals surface area (Å²) in [7, 11) is 0. The molecule has 0 fully saturated rings. The average Bonchev–Trinajstić information content (AvgIpc) is 2.43. The van der Waals surface area contributed by atoms with E-state index in [-0.39, 0.29) is 0 Å². The predicted molar refractivity (Wildman–Crippen MR) is 83.9 cm³/mol. The summed E-state index contributed by atoms with van der Waals surface area (Å²) in [4.78, 5) is 8.78. The molecule has 3 nitrogen and oxygen atoms in total. The standard InChI is InChI=1S/C16H14ClN3/c1-9-3-4-13(18)10(2)15(9)12-7-11(17)8-14-16(12)20-6-5-19-14/h3-8H,18H2,1-2H3. The number of benzene rings is 2. The lowest BCUT2D eigenvalue weighted by Gasteiger charge is -2.14. The highest BCUT2D eigenvalue weighted by Gasteiger charge is 2.13. The van der Waals surface area contributed by atoms with Gasteiger partial charge in [-0.3, -0.25) is 9.97 Å². The lowest BCUT2D eigenvalue weighted by atomic mass is 9.93. The quantitative estimate of drug-likeness (QED) is 0.683. The molecule has 1 heterocycles. The molecule has 0 aliphatic rings. The first-order chi connectivity index (χ1) is 9.58. The summed E-state index contributed by atoms with van der Waals surface area (Å²) in [5, 5.41) is 0.647. The van der Waals surface area contributed by atoms with E-state index in [1.54, 1.807) is 12.4 Å². The fourth-order valence-corrected chi connectivity index (χ4v) is 2.72. The third-order valence-corrected chi connectivity index (χ3v) is 3.74. The fourth-order valence-electron chi connectivity index (χ4n) is 2.51. The van der Waals surface area contributed by atoms with Crippen molar-refractivity contribution in [2.24, 2.45) is 0 Å². The highest BCUT2D eigenvalue weighted by Crippen LogP contribution is 2.35. The monoisotopic (exact) mass is 283 g/mol. The topological polar surface area (TPSA) is 51.8 Å². The normalized spacial score (nSPS) is 10.9. The molecule has 100 valence electrons. The number of rotatable bonds is 1. The van der Waals surface area contributed by atoms with Crippen LogP contribution >= 0.6 is 11.6 Å². The van der Waals surface area contributed by atoms with E-state index in [9.17, 15) is 0 Å². The van der Waals surface area contributed by atoms with Gasteiger partial charge in [0.05, 0.1) is 11.0 Å². The molecule has 0 aliphatic heterocycles. The number of nitrogen functional groups attached to an aromatic ring is 1. The van der Waals surface area contributed by atoms with E-state index in [0.717, 1.165) is 39.0 Å². The molecular formula is C16H14ClN3. The zero-order chi connectivity index (χ0) is 14.3. The summed E-state index contributed by atoms with van der Waals surface area (Å²) in [5.41, 5.74) is 12.7. The van der Waals surface area contributed by atoms with E-state index in [1.807, 2.05) is 31.2 Å². The average molecular weight is 284 g/mol. The Hall–Kier alpha value is -2.13. The van der Waals surface area contributed by atoms with Gasteiger partial charge in [0, 0.05) is 28.7 Å². The second-order valence-corrected chi connectivity index (χ2v) is 5.29. The number of nitrogens with two attached hydrogens (primary N) is 1. The molecule has 20 heavy (non-hydrogen) atoms. The van der Waals surface area contributed by atoms with E-state index in [1.165, 1.54) is 0 Å². The Morgan fingerprint density at radius 1 is 1.05 bits per heavy atom. The Bertz CT molecular complexity index is 812. The molecule has 0 radical (unpaired) electrons. The smallest absolute Gasteiger partial charge is 0.0966 e. The van der Waals surface area contributed by atoms with Crippen molar-refractivity contribution in [1.82, 2.24) is 9.97 Å². The van der Waals surface area contributed by atoms with Crippen molar-refractivity contribution in [2.45, 2.75) is 13.8 Å². The highest BCUT2D eigenvalue weighted by atomic mass is 35.5. The zero-order valence-corrected chi connectivity index (χ0v) is 12.1. The number of nitrogens with zero attached hydrogens (tertiary/aromatic N) is 2. The number of aromatic nitrogens is 2. The number of aryl methyl sites for hydroxylation is 1. The summed E-state index contributed by atoms with van der Waals surface area (Å²) < 4.78 is 0. The minimum absolute atomic E-state index is 0.647. The van der Waals surface area contributed by atoms with Crippen LogP contribution in [0.4, 0.5) is 5.69 Å². The van der Waals surface area contributed by atoms with Crippen molar-refractivity contribution in [2.75, 3.05) is 5.73 Å². The molecule has 0 spiro atoms. The number of halogens is 1. The molecule has 0 amide bonds. The van der Waals surface area contributed by atoms with Crippen molar-refractivity contribution in [1.29, 1.82) is 0 Å². The largest absolute Gasteiger partial charge is 0.398 e. The number of hydrogen-bond donors (Lipinski definition) is 1. The minimum Gasteiger partial charge on any atom is -0.398 e. The molecule has 4 heteroatoms. The van der Waals surface area contributed by atoms with Crippen LogP contribution in [0.25, 0.3) is 22.2 Å². The Labute approximate surface area is 122 Å². The maximum atomic E-state index is 6.22. The molecule has 1 aromatic heterocycles. The summed E-state index contributed by atoms with van der Waals surface area (Å²) in [6, 6.07) is 7.69. The van der Waals surface area contributed by atoms with Crippen molar-refractivity contribution in [3.05, 3.63) is 52.8 Å². The van der Waals surface area contributed by atoms with Crippen LogP contribution in [0.2, 0.25) is 5.02 Å². The summed E-state index contributed by atoms with van der Waals surface area (Å²) in [5.74, 6) is 0. The lowest BCUT2D eigenvalue weighted by Crippen LogP contribution is -1.97. The van der Waals surface area contributed by atoms with Crippen molar-refractivity contribution in [3.63, 3.8) is 0 Å². The third kappa shape index (κ3) is 2.00. The predicted octanol–water partition coefficient (Wildman–Crippen LogP) is 4.15. The van der Waals surface area contributed by atoms with Gasteiger partial charge in [0.25, 0.3) is 0 Å². The molecule has 0 bridgehead atoms. The number of fused-ring (bicyclic) bond motifs is 1. The highest BCUT2D eigenvalue weighted by molar-refractivity contribution is 6.31. The van der Waals surface area contributed by atoms with E-state index in [2.05, 4.69) is 16.9 Å². The second-order valence-electron chi connectivity index (χ2n) is 4.85. The lowest BCUT2D eigenvalue weighted by molar-refractivity contribution is 1.29. The van der Waals surface area contributed by atoms with Crippen LogP contribution < -0.4 is 5.73 Å². The molecule has 0 atom stereocenters. The molecule has 3 aromatic rings. The summed E-state index contributed by atoms with van der Waals surface area (Å²) >= 11 is 6.22. The van der Waals surface area contributed by atoms with Crippen LogP contribution in [-0.4, -0.2) is 9.97 Å². The number of anilines is 1. The number of hydrogen-bond acceptors (Lipinski definition) is 3. The van der Waals surface area contributed by atoms with Crippen LogP contribution in [0.3, 0.4) is 0 Å². The van der Waals surface area contributed by atoms with Gasteiger partial charge in [-0.15, -0.1) is 0 Å². The maximum Gasteiger partial charge on any atom is 0.0966 e. The van der Waals surface area contributed by atoms with Gasteiger partial charge in [-0.05, 0) is 48.7 Å². The van der Waals surface area contributed by atoms with Gasteiger partial charge in [0.15, 0.2) is 0 Å². The molecule has 3 rings (SSSR count).